The van der Waals surface area contributed by atoms with E-state index in [1.54, 1.807) is 11.6 Å². The van der Waals surface area contributed by atoms with E-state index in [1.165, 1.54) is 6.20 Å². The highest BCUT2D eigenvalue weighted by atomic mass is 32.2. The molecule has 0 radical (unpaired) electrons. The third-order valence-corrected chi connectivity index (χ3v) is 6.24. The van der Waals surface area contributed by atoms with Gasteiger partial charge in [0, 0.05) is 11.4 Å². The summed E-state index contributed by atoms with van der Waals surface area (Å²) in [5.74, 6) is 0.0537. The van der Waals surface area contributed by atoms with Crippen molar-refractivity contribution >= 4 is 21.4 Å². The van der Waals surface area contributed by atoms with Gasteiger partial charge in [0.05, 0.1) is 29.3 Å². The maximum absolute atomic E-state index is 12.6. The molecular formula is C17H21N3O3S. The van der Waals surface area contributed by atoms with E-state index in [0.717, 1.165) is 17.7 Å². The lowest BCUT2D eigenvalue weighted by molar-refractivity contribution is 0.102. The summed E-state index contributed by atoms with van der Waals surface area (Å²) in [5.41, 5.74) is 3.03. The minimum Gasteiger partial charge on any atom is -0.322 e. The van der Waals surface area contributed by atoms with Crippen LogP contribution in [0.15, 0.2) is 30.5 Å². The Bertz CT molecular complexity index is 871. The van der Waals surface area contributed by atoms with Crippen LogP contribution in [0.5, 0.6) is 0 Å². The van der Waals surface area contributed by atoms with E-state index in [0.29, 0.717) is 17.7 Å². The predicted octanol–water partition coefficient (Wildman–Crippen LogP) is 2.37. The lowest BCUT2D eigenvalue weighted by Crippen LogP contribution is -2.17. The van der Waals surface area contributed by atoms with Gasteiger partial charge in [-0.1, -0.05) is 25.1 Å². The second-order valence-corrected chi connectivity index (χ2v) is 8.34. The molecule has 1 aliphatic rings. The molecule has 1 N–H and O–H groups in total. The average molecular weight is 347 g/mol. The number of nitrogens with zero attached hydrogens (tertiary/aromatic N) is 2. The van der Waals surface area contributed by atoms with E-state index < -0.39 is 9.84 Å². The fourth-order valence-corrected chi connectivity index (χ4v) is 4.81. The molecule has 1 saturated heterocycles. The second-order valence-electron chi connectivity index (χ2n) is 6.11. The highest BCUT2D eigenvalue weighted by Gasteiger charge is 2.31. The van der Waals surface area contributed by atoms with Crippen LogP contribution < -0.4 is 5.32 Å². The molecule has 24 heavy (non-hydrogen) atoms. The molecule has 128 valence electrons. The molecule has 0 bridgehead atoms. The van der Waals surface area contributed by atoms with Gasteiger partial charge in [0.2, 0.25) is 0 Å². The van der Waals surface area contributed by atoms with E-state index in [1.807, 2.05) is 31.2 Å². The molecule has 6 nitrogen and oxygen atoms in total. The Morgan fingerprint density at radius 3 is 2.79 bits per heavy atom. The van der Waals surface area contributed by atoms with Gasteiger partial charge in [0.1, 0.15) is 0 Å². The quantitative estimate of drug-likeness (QED) is 0.920. The molecule has 0 saturated carbocycles. The first kappa shape index (κ1) is 16.7. The van der Waals surface area contributed by atoms with Gasteiger partial charge in [0.25, 0.3) is 5.91 Å². The number of carbonyl (C=O) groups is 1. The van der Waals surface area contributed by atoms with Crippen molar-refractivity contribution in [1.82, 2.24) is 9.78 Å². The smallest absolute Gasteiger partial charge is 0.259 e. The summed E-state index contributed by atoms with van der Waals surface area (Å²) in [5, 5.41) is 7.19. The summed E-state index contributed by atoms with van der Waals surface area (Å²) in [4.78, 5) is 12.6. The molecule has 7 heteroatoms. The molecule has 2 aromatic rings. The zero-order valence-corrected chi connectivity index (χ0v) is 14.6. The maximum Gasteiger partial charge on any atom is 0.259 e. The van der Waals surface area contributed by atoms with Crippen LogP contribution >= 0.6 is 0 Å². The van der Waals surface area contributed by atoms with Crippen molar-refractivity contribution in [2.24, 2.45) is 0 Å². The Kier molecular flexibility index (Phi) is 4.45. The summed E-state index contributed by atoms with van der Waals surface area (Å²) < 4.78 is 25.0. The van der Waals surface area contributed by atoms with Crippen LogP contribution in [0.4, 0.5) is 5.69 Å². The van der Waals surface area contributed by atoms with Crippen molar-refractivity contribution in [3.05, 3.63) is 47.3 Å². The Morgan fingerprint density at radius 2 is 2.12 bits per heavy atom. The average Bonchev–Trinajstić information content (AvgIpc) is 3.10. The molecule has 1 unspecified atom stereocenters. The Labute approximate surface area is 141 Å². The molecule has 0 spiro atoms. The maximum atomic E-state index is 12.6. The van der Waals surface area contributed by atoms with Crippen molar-refractivity contribution in [2.75, 3.05) is 16.8 Å². The number of hydrogen-bond acceptors (Lipinski definition) is 4. The van der Waals surface area contributed by atoms with Crippen molar-refractivity contribution in [2.45, 2.75) is 32.7 Å². The van der Waals surface area contributed by atoms with E-state index in [-0.39, 0.29) is 23.5 Å². The number of nitrogens with one attached hydrogen (secondary N) is 1. The minimum atomic E-state index is -2.99. The first-order chi connectivity index (χ1) is 11.4. The van der Waals surface area contributed by atoms with Crippen LogP contribution in [0.2, 0.25) is 0 Å². The number of hydrogen-bond donors (Lipinski definition) is 1. The van der Waals surface area contributed by atoms with Crippen LogP contribution in [0.25, 0.3) is 0 Å². The van der Waals surface area contributed by atoms with Crippen LogP contribution in [-0.4, -0.2) is 35.6 Å². The Balaban J connectivity index is 1.82. The van der Waals surface area contributed by atoms with Gasteiger partial charge in [-0.3, -0.25) is 9.48 Å². The number of aromatic nitrogens is 2. The number of benzene rings is 1. The molecule has 1 aromatic carbocycles. The SMILES string of the molecule is CCc1ccccc1NC(=O)c1cnn(C2CCS(=O)(=O)C2)c1C. The van der Waals surface area contributed by atoms with Crippen molar-refractivity contribution in [3.63, 3.8) is 0 Å². The minimum absolute atomic E-state index is 0.0925. The number of para-hydroxylation sites is 1. The number of amides is 1. The van der Waals surface area contributed by atoms with Gasteiger partial charge in [-0.05, 0) is 31.4 Å². The first-order valence-corrected chi connectivity index (χ1v) is 9.87. The molecule has 3 rings (SSSR count). The third kappa shape index (κ3) is 3.21. The second kappa shape index (κ2) is 6.39. The zero-order valence-electron chi connectivity index (χ0n) is 13.8. The predicted molar refractivity (Wildman–Crippen MR) is 93.0 cm³/mol. The van der Waals surface area contributed by atoms with Gasteiger partial charge in [-0.2, -0.15) is 5.10 Å². The standard InChI is InChI=1S/C17H21N3O3S/c1-3-13-6-4-5-7-16(13)19-17(21)15-10-18-20(12(15)2)14-8-9-24(22,23)11-14/h4-7,10,14H,3,8-9,11H2,1-2H3,(H,19,21). The summed E-state index contributed by atoms with van der Waals surface area (Å²) >= 11 is 0. The molecule has 1 fully saturated rings. The summed E-state index contributed by atoms with van der Waals surface area (Å²) in [6.45, 7) is 3.84. The third-order valence-electron chi connectivity index (χ3n) is 4.49. The molecule has 1 atom stereocenters. The van der Waals surface area contributed by atoms with E-state index in [4.69, 9.17) is 0 Å². The van der Waals surface area contributed by atoms with E-state index in [2.05, 4.69) is 10.4 Å². The number of carbonyl (C=O) groups excluding carboxylic acids is 1. The fraction of sp³-hybridized carbons (Fsp3) is 0.412. The lowest BCUT2D eigenvalue weighted by Gasteiger charge is -2.12. The topological polar surface area (TPSA) is 81.1 Å². The van der Waals surface area contributed by atoms with Gasteiger partial charge in [-0.25, -0.2) is 8.42 Å². The molecule has 1 amide bonds. The van der Waals surface area contributed by atoms with Crippen molar-refractivity contribution in [3.8, 4) is 0 Å². The normalized spacial score (nSPS) is 19.3. The van der Waals surface area contributed by atoms with Crippen molar-refractivity contribution in [1.29, 1.82) is 0 Å². The first-order valence-electron chi connectivity index (χ1n) is 8.05. The number of aryl methyl sites for hydroxylation is 1. The molecular weight excluding hydrogens is 326 g/mol. The van der Waals surface area contributed by atoms with Gasteiger partial charge in [0.15, 0.2) is 9.84 Å². The molecule has 2 heterocycles. The van der Waals surface area contributed by atoms with Crippen LogP contribution in [0.1, 0.15) is 41.0 Å². The summed E-state index contributed by atoms with van der Waals surface area (Å²) in [6.07, 6.45) is 2.89. The van der Waals surface area contributed by atoms with Crippen LogP contribution in [-0.2, 0) is 16.3 Å². The summed E-state index contributed by atoms with van der Waals surface area (Å²) in [6, 6.07) is 7.50. The fourth-order valence-electron chi connectivity index (χ4n) is 3.12. The summed E-state index contributed by atoms with van der Waals surface area (Å²) in [7, 11) is -2.99. The van der Waals surface area contributed by atoms with E-state index >= 15 is 0 Å². The number of anilines is 1. The van der Waals surface area contributed by atoms with Crippen LogP contribution in [0.3, 0.4) is 0 Å². The Morgan fingerprint density at radius 1 is 1.38 bits per heavy atom. The van der Waals surface area contributed by atoms with Gasteiger partial charge in [-0.15, -0.1) is 0 Å². The lowest BCUT2D eigenvalue weighted by atomic mass is 10.1. The number of sulfone groups is 1. The van der Waals surface area contributed by atoms with Gasteiger partial charge >= 0.3 is 0 Å². The van der Waals surface area contributed by atoms with Gasteiger partial charge < -0.3 is 5.32 Å². The van der Waals surface area contributed by atoms with Crippen LogP contribution in [0, 0.1) is 6.92 Å². The molecule has 1 aromatic heterocycles. The largest absolute Gasteiger partial charge is 0.322 e. The molecule has 1 aliphatic heterocycles. The van der Waals surface area contributed by atoms with E-state index in [9.17, 15) is 13.2 Å². The number of rotatable bonds is 4. The zero-order chi connectivity index (χ0) is 17.3. The molecule has 0 aliphatic carbocycles. The van der Waals surface area contributed by atoms with Crippen molar-refractivity contribution < 1.29 is 13.2 Å². The monoisotopic (exact) mass is 347 g/mol. The highest BCUT2D eigenvalue weighted by Crippen LogP contribution is 2.26. The highest BCUT2D eigenvalue weighted by molar-refractivity contribution is 7.91. The Hall–Kier alpha value is -2.15.